The summed E-state index contributed by atoms with van der Waals surface area (Å²) in [5.41, 5.74) is 0.0202. The molecule has 0 fully saturated rings. The molecule has 1 N–H and O–H groups in total. The molecule has 0 heterocycles. The van der Waals surface area contributed by atoms with Crippen molar-refractivity contribution in [1.29, 1.82) is 0 Å². The van der Waals surface area contributed by atoms with E-state index < -0.39 is 10.9 Å². The Hall–Kier alpha value is -2.59. The molecule has 0 amide bonds. The summed E-state index contributed by atoms with van der Waals surface area (Å²) in [6.45, 7) is 10.1. The van der Waals surface area contributed by atoms with Gasteiger partial charge < -0.3 is 66.7 Å². The maximum absolute atomic E-state index is 10.6. The maximum Gasteiger partial charge on any atom is 0.329 e. The van der Waals surface area contributed by atoms with E-state index >= 15 is 0 Å². The third kappa shape index (κ3) is 32.6. The number of nitrogens with zero attached hydrogens (tertiary/aromatic N) is 1. The summed E-state index contributed by atoms with van der Waals surface area (Å²) < 4.78 is 69.9. The first-order valence-electron chi connectivity index (χ1n) is 16.6. The Bertz CT molecular complexity index is 896. The molecule has 0 atom stereocenters. The number of rotatable bonds is 40. The van der Waals surface area contributed by atoms with Crippen LogP contribution in [0.2, 0.25) is 0 Å². The smallest absolute Gasteiger partial charge is 0.329 e. The number of nitro benzene ring substituents is 1. The number of carbonyl (C=O) groups is 1. The van der Waals surface area contributed by atoms with Crippen LogP contribution >= 0.6 is 0 Å². The molecule has 0 radical (unpaired) electrons. The monoisotopic (exact) mass is 725 g/mol. The predicted molar refractivity (Wildman–Crippen MR) is 176 cm³/mol. The number of benzene rings is 1. The van der Waals surface area contributed by atoms with Crippen molar-refractivity contribution in [2.45, 2.75) is 0 Å². The molecule has 50 heavy (non-hydrogen) atoms. The molecule has 0 spiro atoms. The van der Waals surface area contributed by atoms with Crippen molar-refractivity contribution in [1.82, 2.24) is 0 Å². The highest BCUT2D eigenvalue weighted by Gasteiger charge is 2.04. The lowest BCUT2D eigenvalue weighted by atomic mass is 10.3. The van der Waals surface area contributed by atoms with E-state index in [2.05, 4.69) is 0 Å². The lowest BCUT2D eigenvalue weighted by molar-refractivity contribution is -0.384. The second-order valence-corrected chi connectivity index (χ2v) is 9.78. The molecule has 18 heteroatoms. The Labute approximate surface area is 293 Å². The van der Waals surface area contributed by atoms with Crippen LogP contribution in [0.4, 0.5) is 5.69 Å². The Morgan fingerprint density at radius 1 is 0.440 bits per heavy atom. The summed E-state index contributed by atoms with van der Waals surface area (Å²) in [6, 6.07) is 5.89. The molecule has 1 aromatic carbocycles. The summed E-state index contributed by atoms with van der Waals surface area (Å²) in [4.78, 5) is 20.5. The van der Waals surface area contributed by atoms with Gasteiger partial charge >= 0.3 is 5.97 Å². The van der Waals surface area contributed by atoms with Crippen LogP contribution in [-0.2, 0) is 61.6 Å². The first kappa shape index (κ1) is 45.4. The molecule has 0 unspecified atom stereocenters. The fraction of sp³-hybridized carbons (Fsp3) is 0.781. The topological polar surface area (TPSA) is 200 Å². The molecule has 18 nitrogen and oxygen atoms in total. The molecular weight excluding hydrogens is 670 g/mol. The van der Waals surface area contributed by atoms with E-state index in [1.54, 1.807) is 12.1 Å². The third-order valence-corrected chi connectivity index (χ3v) is 5.86. The minimum atomic E-state index is -1.00. The van der Waals surface area contributed by atoms with Gasteiger partial charge in [0.1, 0.15) is 19.0 Å². The highest BCUT2D eigenvalue weighted by atomic mass is 16.6. The summed E-state index contributed by atoms with van der Waals surface area (Å²) in [6.07, 6.45) is 0. The number of non-ortho nitro benzene ring substituents is 1. The van der Waals surface area contributed by atoms with Gasteiger partial charge in [-0.1, -0.05) is 0 Å². The van der Waals surface area contributed by atoms with E-state index in [0.717, 1.165) is 0 Å². The van der Waals surface area contributed by atoms with Gasteiger partial charge in [0.2, 0.25) is 0 Å². The van der Waals surface area contributed by atoms with Crippen molar-refractivity contribution in [3.8, 4) is 5.75 Å². The van der Waals surface area contributed by atoms with E-state index in [1.165, 1.54) is 12.1 Å². The zero-order valence-electron chi connectivity index (χ0n) is 28.9. The number of carboxylic acids is 1. The summed E-state index contributed by atoms with van der Waals surface area (Å²) >= 11 is 0. The van der Waals surface area contributed by atoms with Crippen molar-refractivity contribution in [3.05, 3.63) is 34.4 Å². The molecule has 0 saturated heterocycles. The lowest BCUT2D eigenvalue weighted by Crippen LogP contribution is -2.16. The molecule has 0 bridgehead atoms. The summed E-state index contributed by atoms with van der Waals surface area (Å²) in [5.74, 6) is -0.452. The number of hydrogen-bond donors (Lipinski definition) is 1. The molecular formula is C32H55NO17. The lowest BCUT2D eigenvalue weighted by Gasteiger charge is -2.09. The number of aliphatic carboxylic acids is 1. The van der Waals surface area contributed by atoms with Gasteiger partial charge in [-0.15, -0.1) is 0 Å². The van der Waals surface area contributed by atoms with Gasteiger partial charge in [0.05, 0.1) is 157 Å². The van der Waals surface area contributed by atoms with Gasteiger partial charge in [0.15, 0.2) is 0 Å². The van der Waals surface area contributed by atoms with Crippen molar-refractivity contribution in [2.24, 2.45) is 0 Å². The van der Waals surface area contributed by atoms with Gasteiger partial charge in [-0.25, -0.2) is 4.79 Å². The van der Waals surface area contributed by atoms with E-state index in [4.69, 9.17) is 66.7 Å². The second-order valence-electron chi connectivity index (χ2n) is 9.78. The zero-order chi connectivity index (χ0) is 36.0. The van der Waals surface area contributed by atoms with Crippen molar-refractivity contribution < 1.29 is 76.4 Å². The van der Waals surface area contributed by atoms with E-state index in [1.807, 2.05) is 0 Å². The van der Waals surface area contributed by atoms with Gasteiger partial charge in [0.25, 0.3) is 5.69 Å². The summed E-state index contributed by atoms with van der Waals surface area (Å²) in [7, 11) is 0. The first-order valence-corrected chi connectivity index (χ1v) is 16.6. The number of hydrogen-bond acceptors (Lipinski definition) is 16. The van der Waals surface area contributed by atoms with Crippen LogP contribution in [-0.4, -0.2) is 181 Å². The zero-order valence-corrected chi connectivity index (χ0v) is 28.9. The van der Waals surface area contributed by atoms with Crippen LogP contribution in [0.25, 0.3) is 0 Å². The van der Waals surface area contributed by atoms with Crippen LogP contribution in [0, 0.1) is 10.1 Å². The Morgan fingerprint density at radius 2 is 0.680 bits per heavy atom. The number of carboxylic acid groups (broad SMARTS) is 1. The Kier molecular flexibility index (Phi) is 32.9. The van der Waals surface area contributed by atoms with Gasteiger partial charge in [-0.05, 0) is 12.1 Å². The largest absolute Gasteiger partial charge is 0.491 e. The van der Waals surface area contributed by atoms with Crippen LogP contribution in [0.3, 0.4) is 0 Å². The molecule has 0 aliphatic heterocycles. The first-order chi connectivity index (χ1) is 24.6. The summed E-state index contributed by atoms with van der Waals surface area (Å²) in [5, 5.41) is 19.1. The van der Waals surface area contributed by atoms with Crippen molar-refractivity contribution >= 4 is 11.7 Å². The average Bonchev–Trinajstić information content (AvgIpc) is 3.11. The maximum atomic E-state index is 10.6. The highest BCUT2D eigenvalue weighted by Crippen LogP contribution is 2.17. The Balaban J connectivity index is 1.64. The molecule has 1 rings (SSSR count). The van der Waals surface area contributed by atoms with Gasteiger partial charge in [-0.3, -0.25) is 10.1 Å². The molecule has 0 aliphatic rings. The van der Waals surface area contributed by atoms with Crippen molar-refractivity contribution in [2.75, 3.05) is 165 Å². The van der Waals surface area contributed by atoms with Gasteiger partial charge in [-0.2, -0.15) is 0 Å². The SMILES string of the molecule is O=C(O)COCCOCCOCCOCCOCCOCCOCCOCCOCCOCCOCCOCCOc1ccc([N+](=O)[O-])cc1. The minimum Gasteiger partial charge on any atom is -0.491 e. The van der Waals surface area contributed by atoms with Crippen LogP contribution in [0.15, 0.2) is 24.3 Å². The molecule has 290 valence electrons. The van der Waals surface area contributed by atoms with E-state index in [0.29, 0.717) is 158 Å². The van der Waals surface area contributed by atoms with Crippen LogP contribution < -0.4 is 4.74 Å². The quantitative estimate of drug-likeness (QED) is 0.0575. The number of ether oxygens (including phenoxy) is 13. The molecule has 1 aromatic rings. The number of nitro groups is 1. The van der Waals surface area contributed by atoms with Crippen LogP contribution in [0.5, 0.6) is 5.75 Å². The normalized spacial score (nSPS) is 11.3. The molecule has 0 saturated carbocycles. The molecule has 0 aliphatic carbocycles. The highest BCUT2D eigenvalue weighted by molar-refractivity contribution is 5.67. The van der Waals surface area contributed by atoms with Gasteiger partial charge in [0, 0.05) is 12.1 Å². The predicted octanol–water partition coefficient (Wildman–Crippen LogP) is 1.26. The van der Waals surface area contributed by atoms with Crippen LogP contribution in [0.1, 0.15) is 0 Å². The van der Waals surface area contributed by atoms with Crippen molar-refractivity contribution in [3.63, 3.8) is 0 Å². The fourth-order valence-corrected chi connectivity index (χ4v) is 3.46. The standard InChI is InChI=1S/C32H55NO17/c34-32(35)29-49-26-25-47-22-21-45-18-17-43-14-13-41-10-9-39-6-5-38-7-8-40-11-12-42-15-16-44-19-20-46-23-24-48-27-28-50-31-3-1-30(2-4-31)33(36)37/h1-4H,5-29H2,(H,34,35). The van der Waals surface area contributed by atoms with E-state index in [-0.39, 0.29) is 18.9 Å². The second kappa shape index (κ2) is 36.2. The third-order valence-electron chi connectivity index (χ3n) is 5.86. The van der Waals surface area contributed by atoms with E-state index in [9.17, 15) is 14.9 Å². The fourth-order valence-electron chi connectivity index (χ4n) is 3.46. The Morgan fingerprint density at radius 3 is 0.920 bits per heavy atom. The average molecular weight is 726 g/mol. The minimum absolute atomic E-state index is 0.0202. The molecule has 0 aromatic heterocycles.